The third kappa shape index (κ3) is 2.65. The third-order valence-electron chi connectivity index (χ3n) is 3.33. The average molecular weight is 228 g/mol. The summed E-state index contributed by atoms with van der Waals surface area (Å²) in [6.07, 6.45) is 2.53. The summed E-state index contributed by atoms with van der Waals surface area (Å²) in [7, 11) is 0. The molecule has 5 heteroatoms. The molecule has 2 amide bonds. The Bertz CT molecular complexity index is 236. The van der Waals surface area contributed by atoms with Crippen molar-refractivity contribution < 1.29 is 15.0 Å². The van der Waals surface area contributed by atoms with E-state index in [9.17, 15) is 15.0 Å². The molecule has 0 aromatic rings. The van der Waals surface area contributed by atoms with Gasteiger partial charge in [0.05, 0.1) is 12.2 Å². The molecule has 0 saturated carbocycles. The number of aliphatic hydroxyl groups is 2. The lowest BCUT2D eigenvalue weighted by molar-refractivity contribution is 0.0469. The van der Waals surface area contributed by atoms with Gasteiger partial charge < -0.3 is 20.0 Å². The number of nitrogens with zero attached hydrogens (tertiary/aromatic N) is 2. The van der Waals surface area contributed by atoms with Crippen LogP contribution in [0, 0.1) is 0 Å². The van der Waals surface area contributed by atoms with Crippen molar-refractivity contribution in [3.05, 3.63) is 0 Å². The number of likely N-dealkylation sites (tertiary alicyclic amines) is 2. The van der Waals surface area contributed by atoms with Crippen LogP contribution in [0.5, 0.6) is 0 Å². The number of carbonyl (C=O) groups is 1. The summed E-state index contributed by atoms with van der Waals surface area (Å²) in [6, 6.07) is -0.0301. The molecule has 2 aliphatic rings. The lowest BCUT2D eigenvalue weighted by atomic mass is 10.1. The second-order valence-corrected chi connectivity index (χ2v) is 4.77. The topological polar surface area (TPSA) is 64.0 Å². The Morgan fingerprint density at radius 1 is 0.938 bits per heavy atom. The van der Waals surface area contributed by atoms with Crippen molar-refractivity contribution in [1.82, 2.24) is 9.80 Å². The fraction of sp³-hybridized carbons (Fsp3) is 0.909. The van der Waals surface area contributed by atoms with E-state index in [-0.39, 0.29) is 18.2 Å². The summed E-state index contributed by atoms with van der Waals surface area (Å²) >= 11 is 0. The number of aliphatic hydroxyl groups excluding tert-OH is 2. The maximum absolute atomic E-state index is 12.1. The summed E-state index contributed by atoms with van der Waals surface area (Å²) in [5.74, 6) is 0. The normalized spacial score (nSPS) is 31.6. The van der Waals surface area contributed by atoms with E-state index in [2.05, 4.69) is 0 Å². The minimum absolute atomic E-state index is 0.0301. The van der Waals surface area contributed by atoms with Crippen LogP contribution >= 0.6 is 0 Å². The largest absolute Gasteiger partial charge is 0.391 e. The first kappa shape index (κ1) is 11.7. The molecule has 2 N–H and O–H groups in total. The van der Waals surface area contributed by atoms with Gasteiger partial charge in [0, 0.05) is 26.2 Å². The Balaban J connectivity index is 1.90. The van der Waals surface area contributed by atoms with Crippen molar-refractivity contribution >= 4 is 6.03 Å². The number of rotatable bonds is 0. The molecule has 2 aliphatic heterocycles. The van der Waals surface area contributed by atoms with Gasteiger partial charge in [-0.15, -0.1) is 0 Å². The highest BCUT2D eigenvalue weighted by Gasteiger charge is 2.28. The number of amides is 2. The van der Waals surface area contributed by atoms with Crippen LogP contribution < -0.4 is 0 Å². The van der Waals surface area contributed by atoms with Gasteiger partial charge in [0.15, 0.2) is 0 Å². The van der Waals surface area contributed by atoms with Gasteiger partial charge in [-0.05, 0) is 25.7 Å². The van der Waals surface area contributed by atoms with Crippen molar-refractivity contribution in [2.75, 3.05) is 26.2 Å². The van der Waals surface area contributed by atoms with Crippen LogP contribution in [0.25, 0.3) is 0 Å². The summed E-state index contributed by atoms with van der Waals surface area (Å²) in [4.78, 5) is 15.5. The van der Waals surface area contributed by atoms with Gasteiger partial charge in [-0.2, -0.15) is 0 Å². The number of urea groups is 1. The molecular weight excluding hydrogens is 208 g/mol. The quantitative estimate of drug-likeness (QED) is 0.614. The Labute approximate surface area is 95.6 Å². The Morgan fingerprint density at radius 3 is 1.75 bits per heavy atom. The van der Waals surface area contributed by atoms with E-state index in [0.29, 0.717) is 13.1 Å². The summed E-state index contributed by atoms with van der Waals surface area (Å²) in [6.45, 7) is 2.32. The van der Waals surface area contributed by atoms with E-state index in [1.165, 1.54) is 0 Å². The number of carbonyl (C=O) groups excluding carboxylic acids is 1. The van der Waals surface area contributed by atoms with Crippen LogP contribution in [0.4, 0.5) is 4.79 Å². The lowest BCUT2D eigenvalue weighted by Gasteiger charge is -2.37. The second kappa shape index (κ2) is 5.01. The highest BCUT2D eigenvalue weighted by atomic mass is 16.3. The van der Waals surface area contributed by atoms with E-state index >= 15 is 0 Å². The Morgan fingerprint density at radius 2 is 1.38 bits per heavy atom. The molecule has 0 spiro atoms. The summed E-state index contributed by atoms with van der Waals surface area (Å²) < 4.78 is 0. The molecular formula is C11H20N2O3. The van der Waals surface area contributed by atoms with Crippen molar-refractivity contribution in [2.24, 2.45) is 0 Å². The molecule has 0 aliphatic carbocycles. The first-order valence-electron chi connectivity index (χ1n) is 6.07. The number of piperidine rings is 2. The molecule has 0 aromatic heterocycles. The molecule has 0 aromatic carbocycles. The smallest absolute Gasteiger partial charge is 0.320 e. The zero-order valence-electron chi connectivity index (χ0n) is 9.51. The van der Waals surface area contributed by atoms with Crippen LogP contribution in [-0.4, -0.2) is 64.4 Å². The fourth-order valence-corrected chi connectivity index (χ4v) is 2.46. The minimum Gasteiger partial charge on any atom is -0.391 e. The van der Waals surface area contributed by atoms with Crippen LogP contribution in [0.1, 0.15) is 25.7 Å². The first-order valence-corrected chi connectivity index (χ1v) is 6.07. The predicted molar refractivity (Wildman–Crippen MR) is 59.0 cm³/mol. The summed E-state index contributed by atoms with van der Waals surface area (Å²) in [5.41, 5.74) is 0. The number of hydrogen-bond acceptors (Lipinski definition) is 3. The summed E-state index contributed by atoms with van der Waals surface area (Å²) in [5, 5.41) is 19.0. The SMILES string of the molecule is O=C(N1CCCC(O)C1)N1CCCC(O)C1. The molecule has 2 heterocycles. The monoisotopic (exact) mass is 228 g/mol. The van der Waals surface area contributed by atoms with Gasteiger partial charge in [0.25, 0.3) is 0 Å². The molecule has 0 bridgehead atoms. The van der Waals surface area contributed by atoms with Crippen molar-refractivity contribution in [3.8, 4) is 0 Å². The molecule has 2 rings (SSSR count). The van der Waals surface area contributed by atoms with E-state index in [1.54, 1.807) is 9.80 Å². The highest BCUT2D eigenvalue weighted by molar-refractivity contribution is 5.74. The third-order valence-corrected chi connectivity index (χ3v) is 3.33. The van der Waals surface area contributed by atoms with Crippen LogP contribution in [0.3, 0.4) is 0 Å². The highest BCUT2D eigenvalue weighted by Crippen LogP contribution is 2.16. The van der Waals surface area contributed by atoms with E-state index in [1.807, 2.05) is 0 Å². The molecule has 16 heavy (non-hydrogen) atoms. The Kier molecular flexibility index (Phi) is 3.66. The van der Waals surface area contributed by atoms with Gasteiger partial charge in [-0.3, -0.25) is 0 Å². The van der Waals surface area contributed by atoms with Crippen LogP contribution in [0.2, 0.25) is 0 Å². The molecule has 2 fully saturated rings. The Hall–Kier alpha value is -0.810. The van der Waals surface area contributed by atoms with Gasteiger partial charge >= 0.3 is 6.03 Å². The molecule has 2 unspecified atom stereocenters. The molecule has 5 nitrogen and oxygen atoms in total. The molecule has 0 radical (unpaired) electrons. The maximum Gasteiger partial charge on any atom is 0.320 e. The van der Waals surface area contributed by atoms with Crippen molar-refractivity contribution in [1.29, 1.82) is 0 Å². The van der Waals surface area contributed by atoms with Crippen LogP contribution in [-0.2, 0) is 0 Å². The zero-order chi connectivity index (χ0) is 11.5. The van der Waals surface area contributed by atoms with Gasteiger partial charge in [0.1, 0.15) is 0 Å². The maximum atomic E-state index is 12.1. The van der Waals surface area contributed by atoms with Crippen molar-refractivity contribution in [3.63, 3.8) is 0 Å². The number of β-amino-alcohol motifs (C(OH)–C–C–N with tert-alkyl or cyclic N) is 2. The van der Waals surface area contributed by atoms with Gasteiger partial charge in [0.2, 0.25) is 0 Å². The minimum atomic E-state index is -0.382. The van der Waals surface area contributed by atoms with Gasteiger partial charge in [-0.1, -0.05) is 0 Å². The van der Waals surface area contributed by atoms with E-state index in [0.717, 1.165) is 38.8 Å². The second-order valence-electron chi connectivity index (χ2n) is 4.77. The molecule has 2 atom stereocenters. The van der Waals surface area contributed by atoms with Crippen molar-refractivity contribution in [2.45, 2.75) is 37.9 Å². The lowest BCUT2D eigenvalue weighted by Crippen LogP contribution is -2.52. The standard InChI is InChI=1S/C11H20N2O3/c14-9-3-1-5-12(7-9)11(16)13-6-2-4-10(15)8-13/h9-10,14-15H,1-8H2. The van der Waals surface area contributed by atoms with Crippen LogP contribution in [0.15, 0.2) is 0 Å². The number of hydrogen-bond donors (Lipinski definition) is 2. The first-order chi connectivity index (χ1) is 7.66. The predicted octanol–water partition coefficient (Wildman–Crippen LogP) is 0.0198. The van der Waals surface area contributed by atoms with E-state index in [4.69, 9.17) is 0 Å². The molecule has 92 valence electrons. The average Bonchev–Trinajstić information content (AvgIpc) is 2.28. The fourth-order valence-electron chi connectivity index (χ4n) is 2.46. The van der Waals surface area contributed by atoms with E-state index < -0.39 is 0 Å². The molecule has 2 saturated heterocycles. The zero-order valence-corrected chi connectivity index (χ0v) is 9.51. The van der Waals surface area contributed by atoms with Gasteiger partial charge in [-0.25, -0.2) is 4.79 Å².